The Hall–Kier alpha value is -1.89. The highest BCUT2D eigenvalue weighted by Crippen LogP contribution is 2.32. The van der Waals surface area contributed by atoms with Crippen molar-refractivity contribution in [2.75, 3.05) is 0 Å². The van der Waals surface area contributed by atoms with Crippen molar-refractivity contribution in [2.24, 2.45) is 13.0 Å². The minimum Gasteiger partial charge on any atom is -0.481 e. The molecule has 1 aliphatic carbocycles. The molecule has 6 nitrogen and oxygen atoms in total. The number of aryl methyl sites for hydroxylation is 1. The second kappa shape index (κ2) is 5.96. The van der Waals surface area contributed by atoms with E-state index in [0.29, 0.717) is 11.3 Å². The second-order valence-electron chi connectivity index (χ2n) is 6.45. The van der Waals surface area contributed by atoms with Crippen LogP contribution in [0.2, 0.25) is 0 Å². The summed E-state index contributed by atoms with van der Waals surface area (Å²) in [6, 6.07) is 1.61. The molecular weight excluding hydrogens is 314 g/mol. The maximum atomic E-state index is 12.5. The molecular formula is C16H21N3O3S. The van der Waals surface area contributed by atoms with Crippen LogP contribution >= 0.6 is 11.3 Å². The lowest BCUT2D eigenvalue weighted by molar-refractivity contribution is -0.142. The van der Waals surface area contributed by atoms with Crippen LogP contribution in [0.1, 0.15) is 54.4 Å². The molecule has 1 aliphatic rings. The Kier molecular flexibility index (Phi) is 4.14. The largest absolute Gasteiger partial charge is 0.481 e. The van der Waals surface area contributed by atoms with Crippen LogP contribution in [-0.4, -0.2) is 32.8 Å². The number of hydrogen-bond donors (Lipinski definition) is 2. The number of fused-ring (bicyclic) bond motifs is 1. The third-order valence-corrected chi connectivity index (χ3v) is 5.66. The van der Waals surface area contributed by atoms with Crippen molar-refractivity contribution < 1.29 is 14.7 Å². The zero-order valence-corrected chi connectivity index (χ0v) is 14.3. The van der Waals surface area contributed by atoms with Crippen molar-refractivity contribution in [2.45, 2.75) is 45.1 Å². The first-order valence-corrected chi connectivity index (χ1v) is 8.70. The summed E-state index contributed by atoms with van der Waals surface area (Å²) in [6.45, 7) is 4.16. The highest BCUT2D eigenvalue weighted by atomic mass is 32.1. The number of hydrogen-bond acceptors (Lipinski definition) is 4. The first-order valence-electron chi connectivity index (χ1n) is 7.88. The molecule has 0 saturated heterocycles. The standard InChI is InChI=1S/C16H21N3O3S/c1-8(2)13-10-7-12(23-15(10)19(3)18-13)14(20)17-11-6-4-5-9(11)16(21)22/h7-9,11H,4-6H2,1-3H3,(H,17,20)(H,21,22)/t9-,11+/m0/s1. The van der Waals surface area contributed by atoms with Gasteiger partial charge in [0.2, 0.25) is 0 Å². The Bertz CT molecular complexity index is 762. The van der Waals surface area contributed by atoms with E-state index in [2.05, 4.69) is 24.3 Å². The van der Waals surface area contributed by atoms with E-state index in [0.717, 1.165) is 28.8 Å². The average Bonchev–Trinajstić information content (AvgIpc) is 3.15. The van der Waals surface area contributed by atoms with Gasteiger partial charge in [-0.15, -0.1) is 11.3 Å². The van der Waals surface area contributed by atoms with E-state index < -0.39 is 11.9 Å². The summed E-state index contributed by atoms with van der Waals surface area (Å²) in [5, 5.41) is 17.6. The maximum absolute atomic E-state index is 12.5. The molecule has 0 aromatic carbocycles. The number of thiophene rings is 1. The number of carboxylic acid groups (broad SMARTS) is 1. The molecule has 1 fully saturated rings. The van der Waals surface area contributed by atoms with E-state index in [4.69, 9.17) is 0 Å². The minimum absolute atomic E-state index is 0.181. The van der Waals surface area contributed by atoms with Gasteiger partial charge in [0, 0.05) is 18.5 Å². The summed E-state index contributed by atoms with van der Waals surface area (Å²) in [6.07, 6.45) is 2.20. The zero-order chi connectivity index (χ0) is 16.7. The van der Waals surface area contributed by atoms with Gasteiger partial charge < -0.3 is 10.4 Å². The van der Waals surface area contributed by atoms with Gasteiger partial charge in [-0.3, -0.25) is 14.3 Å². The van der Waals surface area contributed by atoms with Gasteiger partial charge in [0.25, 0.3) is 5.91 Å². The average molecular weight is 335 g/mol. The van der Waals surface area contributed by atoms with Crippen molar-refractivity contribution in [3.8, 4) is 0 Å². The van der Waals surface area contributed by atoms with Crippen molar-refractivity contribution in [3.05, 3.63) is 16.6 Å². The highest BCUT2D eigenvalue weighted by Gasteiger charge is 2.34. The fourth-order valence-corrected chi connectivity index (χ4v) is 4.26. The van der Waals surface area contributed by atoms with Gasteiger partial charge >= 0.3 is 5.97 Å². The van der Waals surface area contributed by atoms with Gasteiger partial charge in [0.1, 0.15) is 4.83 Å². The first-order chi connectivity index (χ1) is 10.9. The maximum Gasteiger partial charge on any atom is 0.308 e. The van der Waals surface area contributed by atoms with Gasteiger partial charge in [0.15, 0.2) is 0 Å². The Morgan fingerprint density at radius 2 is 2.17 bits per heavy atom. The summed E-state index contributed by atoms with van der Waals surface area (Å²) < 4.78 is 1.81. The molecule has 2 aromatic heterocycles. The molecule has 2 N–H and O–H groups in total. The predicted molar refractivity (Wildman–Crippen MR) is 88.9 cm³/mol. The smallest absolute Gasteiger partial charge is 0.308 e. The van der Waals surface area contributed by atoms with E-state index in [1.807, 2.05) is 17.8 Å². The molecule has 3 rings (SSSR count). The lowest BCUT2D eigenvalue weighted by atomic mass is 10.0. The van der Waals surface area contributed by atoms with Gasteiger partial charge in [-0.05, 0) is 24.8 Å². The molecule has 0 spiro atoms. The molecule has 2 atom stereocenters. The number of nitrogens with one attached hydrogen (secondary N) is 1. The van der Waals surface area contributed by atoms with Crippen LogP contribution < -0.4 is 5.32 Å². The number of aliphatic carboxylic acids is 1. The van der Waals surface area contributed by atoms with E-state index in [-0.39, 0.29) is 17.9 Å². The first kappa shape index (κ1) is 16.0. The van der Waals surface area contributed by atoms with Crippen LogP contribution in [0, 0.1) is 5.92 Å². The number of aromatic nitrogens is 2. The predicted octanol–water partition coefficient (Wildman–Crippen LogP) is 2.74. The van der Waals surface area contributed by atoms with Crippen LogP contribution in [0.5, 0.6) is 0 Å². The molecule has 0 unspecified atom stereocenters. The minimum atomic E-state index is -0.824. The van der Waals surface area contributed by atoms with Crippen LogP contribution in [0.25, 0.3) is 10.2 Å². The molecule has 0 bridgehead atoms. The Morgan fingerprint density at radius 3 is 2.83 bits per heavy atom. The Balaban J connectivity index is 1.84. The van der Waals surface area contributed by atoms with Crippen LogP contribution in [-0.2, 0) is 11.8 Å². The molecule has 2 aromatic rings. The summed E-state index contributed by atoms with van der Waals surface area (Å²) in [4.78, 5) is 25.3. The second-order valence-corrected chi connectivity index (χ2v) is 7.48. The number of amides is 1. The fraction of sp³-hybridized carbons (Fsp3) is 0.562. The molecule has 1 saturated carbocycles. The molecule has 7 heteroatoms. The number of carboxylic acids is 1. The summed E-state index contributed by atoms with van der Waals surface area (Å²) in [5.41, 5.74) is 0.988. The van der Waals surface area contributed by atoms with Crippen molar-refractivity contribution in [3.63, 3.8) is 0 Å². The van der Waals surface area contributed by atoms with Gasteiger partial charge in [0.05, 0.1) is 16.5 Å². The van der Waals surface area contributed by atoms with Crippen molar-refractivity contribution >= 4 is 33.4 Å². The van der Waals surface area contributed by atoms with Crippen molar-refractivity contribution in [1.29, 1.82) is 0 Å². The van der Waals surface area contributed by atoms with Crippen LogP contribution in [0.3, 0.4) is 0 Å². The van der Waals surface area contributed by atoms with Gasteiger partial charge in [-0.25, -0.2) is 0 Å². The van der Waals surface area contributed by atoms with E-state index in [1.54, 1.807) is 0 Å². The molecule has 124 valence electrons. The lowest BCUT2D eigenvalue weighted by Gasteiger charge is -2.16. The number of nitrogens with zero attached hydrogens (tertiary/aromatic N) is 2. The van der Waals surface area contributed by atoms with Crippen LogP contribution in [0.4, 0.5) is 0 Å². The normalized spacial score (nSPS) is 21.2. The van der Waals surface area contributed by atoms with E-state index in [1.165, 1.54) is 11.3 Å². The van der Waals surface area contributed by atoms with Crippen LogP contribution in [0.15, 0.2) is 6.07 Å². The summed E-state index contributed by atoms with van der Waals surface area (Å²) >= 11 is 1.40. The fourth-order valence-electron chi connectivity index (χ4n) is 3.27. The zero-order valence-electron chi connectivity index (χ0n) is 13.5. The molecule has 1 amide bonds. The number of carbonyl (C=O) groups excluding carboxylic acids is 1. The van der Waals surface area contributed by atoms with Gasteiger partial charge in [-0.1, -0.05) is 20.3 Å². The number of carbonyl (C=O) groups is 2. The summed E-state index contributed by atoms with van der Waals surface area (Å²) in [7, 11) is 1.88. The molecule has 2 heterocycles. The summed E-state index contributed by atoms with van der Waals surface area (Å²) in [5.74, 6) is -1.19. The third-order valence-electron chi connectivity index (χ3n) is 4.46. The highest BCUT2D eigenvalue weighted by molar-refractivity contribution is 7.20. The van der Waals surface area contributed by atoms with Gasteiger partial charge in [-0.2, -0.15) is 5.10 Å². The molecule has 0 radical (unpaired) electrons. The van der Waals surface area contributed by atoms with E-state index >= 15 is 0 Å². The Labute approximate surface area is 138 Å². The molecule has 23 heavy (non-hydrogen) atoms. The number of rotatable bonds is 4. The molecule has 0 aliphatic heterocycles. The Morgan fingerprint density at radius 1 is 1.43 bits per heavy atom. The lowest BCUT2D eigenvalue weighted by Crippen LogP contribution is -2.39. The monoisotopic (exact) mass is 335 g/mol. The topological polar surface area (TPSA) is 84.2 Å². The SMILES string of the molecule is CC(C)c1nn(C)c2sc(C(=O)N[C@@H]3CCC[C@@H]3C(=O)O)cc12. The van der Waals surface area contributed by atoms with Crippen molar-refractivity contribution in [1.82, 2.24) is 15.1 Å². The third kappa shape index (κ3) is 2.85. The van der Waals surface area contributed by atoms with E-state index in [9.17, 15) is 14.7 Å². The quantitative estimate of drug-likeness (QED) is 0.900.